The van der Waals surface area contributed by atoms with Gasteiger partial charge >= 0.3 is 0 Å². The van der Waals surface area contributed by atoms with Gasteiger partial charge < -0.3 is 15.3 Å². The molecule has 0 spiro atoms. The summed E-state index contributed by atoms with van der Waals surface area (Å²) in [5.41, 5.74) is 3.37. The van der Waals surface area contributed by atoms with Crippen LogP contribution in [0, 0.1) is 0 Å². The zero-order chi connectivity index (χ0) is 18.8. The van der Waals surface area contributed by atoms with E-state index >= 15 is 0 Å². The van der Waals surface area contributed by atoms with Gasteiger partial charge in [-0.05, 0) is 36.2 Å². The van der Waals surface area contributed by atoms with Crippen LogP contribution < -0.4 is 5.32 Å². The molecule has 1 unspecified atom stereocenters. The van der Waals surface area contributed by atoms with Crippen LogP contribution in [0.25, 0.3) is 22.2 Å². The van der Waals surface area contributed by atoms with Crippen LogP contribution in [0.2, 0.25) is 5.02 Å². The number of hydrogen-bond acceptors (Lipinski definition) is 2. The lowest BCUT2D eigenvalue weighted by Crippen LogP contribution is -2.29. The standard InChI is InChI=1S/C21H19ClN4O/c1-2-16(20-23-12-19(25-20)13-6-4-3-5-7-13)26-21(27)18-11-14-10-15(22)8-9-17(14)24-18/h3-12,16,24H,2H2,1H3,(H,23,25)(H,26,27). The van der Waals surface area contributed by atoms with E-state index in [1.54, 1.807) is 18.3 Å². The molecule has 0 saturated heterocycles. The van der Waals surface area contributed by atoms with Gasteiger partial charge in [-0.3, -0.25) is 4.79 Å². The summed E-state index contributed by atoms with van der Waals surface area (Å²) in [5, 5.41) is 4.59. The Morgan fingerprint density at radius 2 is 1.96 bits per heavy atom. The Hall–Kier alpha value is -3.05. The van der Waals surface area contributed by atoms with Crippen LogP contribution in [0.3, 0.4) is 0 Å². The first-order valence-electron chi connectivity index (χ1n) is 8.83. The van der Waals surface area contributed by atoms with E-state index in [2.05, 4.69) is 20.3 Å². The summed E-state index contributed by atoms with van der Waals surface area (Å²) in [6.45, 7) is 2.01. The van der Waals surface area contributed by atoms with Gasteiger partial charge in [-0.1, -0.05) is 48.9 Å². The molecule has 3 N–H and O–H groups in total. The Morgan fingerprint density at radius 3 is 2.74 bits per heavy atom. The molecule has 27 heavy (non-hydrogen) atoms. The number of aromatic amines is 2. The van der Waals surface area contributed by atoms with Gasteiger partial charge in [0.05, 0.1) is 17.9 Å². The Labute approximate surface area is 161 Å². The molecule has 4 aromatic rings. The molecule has 5 nitrogen and oxygen atoms in total. The molecule has 0 aliphatic rings. The van der Waals surface area contributed by atoms with Gasteiger partial charge in [0, 0.05) is 15.9 Å². The molecule has 0 aliphatic carbocycles. The predicted octanol–water partition coefficient (Wildman–Crippen LogP) is 5.09. The van der Waals surface area contributed by atoms with E-state index < -0.39 is 0 Å². The number of halogens is 1. The van der Waals surface area contributed by atoms with Crippen LogP contribution in [0.4, 0.5) is 0 Å². The Bertz CT molecular complexity index is 1080. The number of amides is 1. The summed E-state index contributed by atoms with van der Waals surface area (Å²) in [7, 11) is 0. The second-order valence-corrected chi connectivity index (χ2v) is 6.83. The summed E-state index contributed by atoms with van der Waals surface area (Å²) in [5.74, 6) is 0.565. The molecule has 0 radical (unpaired) electrons. The fourth-order valence-electron chi connectivity index (χ4n) is 3.10. The van der Waals surface area contributed by atoms with Crippen LogP contribution in [0.1, 0.15) is 35.7 Å². The molecular weight excluding hydrogens is 360 g/mol. The van der Waals surface area contributed by atoms with Gasteiger partial charge in [-0.25, -0.2) is 4.98 Å². The van der Waals surface area contributed by atoms with Gasteiger partial charge in [-0.2, -0.15) is 0 Å². The summed E-state index contributed by atoms with van der Waals surface area (Å²) < 4.78 is 0. The topological polar surface area (TPSA) is 73.6 Å². The van der Waals surface area contributed by atoms with Crippen molar-refractivity contribution in [3.05, 3.63) is 77.3 Å². The monoisotopic (exact) mass is 378 g/mol. The van der Waals surface area contributed by atoms with E-state index in [0.29, 0.717) is 10.7 Å². The normalized spacial score (nSPS) is 12.2. The Balaban J connectivity index is 1.54. The van der Waals surface area contributed by atoms with E-state index in [-0.39, 0.29) is 11.9 Å². The number of benzene rings is 2. The fourth-order valence-corrected chi connectivity index (χ4v) is 3.28. The van der Waals surface area contributed by atoms with Crippen molar-refractivity contribution in [2.75, 3.05) is 0 Å². The number of carbonyl (C=O) groups is 1. The van der Waals surface area contributed by atoms with Crippen molar-refractivity contribution in [2.45, 2.75) is 19.4 Å². The maximum atomic E-state index is 12.7. The Kier molecular flexibility index (Phi) is 4.69. The largest absolute Gasteiger partial charge is 0.351 e. The first kappa shape index (κ1) is 17.4. The first-order valence-corrected chi connectivity index (χ1v) is 9.21. The molecule has 2 aromatic carbocycles. The maximum Gasteiger partial charge on any atom is 0.268 e. The quantitative estimate of drug-likeness (QED) is 0.452. The number of aromatic nitrogens is 3. The van der Waals surface area contributed by atoms with Gasteiger partial charge in [0.2, 0.25) is 0 Å². The van der Waals surface area contributed by atoms with Crippen molar-refractivity contribution < 1.29 is 4.79 Å². The number of imidazole rings is 1. The van der Waals surface area contributed by atoms with E-state index in [4.69, 9.17) is 11.6 Å². The molecule has 0 fully saturated rings. The lowest BCUT2D eigenvalue weighted by molar-refractivity contribution is 0.0929. The average Bonchev–Trinajstić information content (AvgIpc) is 3.33. The highest BCUT2D eigenvalue weighted by atomic mass is 35.5. The second kappa shape index (κ2) is 7.29. The number of nitrogens with zero attached hydrogens (tertiary/aromatic N) is 1. The third-order valence-corrected chi connectivity index (χ3v) is 4.79. The average molecular weight is 379 g/mol. The summed E-state index contributed by atoms with van der Waals surface area (Å²) in [4.78, 5) is 23.6. The summed E-state index contributed by atoms with van der Waals surface area (Å²) >= 11 is 6.02. The summed E-state index contributed by atoms with van der Waals surface area (Å²) in [6.07, 6.45) is 2.52. The smallest absolute Gasteiger partial charge is 0.268 e. The second-order valence-electron chi connectivity index (χ2n) is 6.40. The molecule has 4 rings (SSSR count). The third kappa shape index (κ3) is 3.59. The SMILES string of the molecule is CCC(NC(=O)c1cc2cc(Cl)ccc2[nH]1)c1ncc(-c2ccccc2)[nH]1. The molecule has 1 amide bonds. The molecule has 2 heterocycles. The molecule has 6 heteroatoms. The molecule has 1 atom stereocenters. The van der Waals surface area contributed by atoms with E-state index in [9.17, 15) is 4.79 Å². The highest BCUT2D eigenvalue weighted by molar-refractivity contribution is 6.31. The minimum absolute atomic E-state index is 0.174. The van der Waals surface area contributed by atoms with Crippen LogP contribution in [0.15, 0.2) is 60.8 Å². The number of fused-ring (bicyclic) bond motifs is 1. The first-order chi connectivity index (χ1) is 13.1. The van der Waals surface area contributed by atoms with Crippen LogP contribution in [-0.4, -0.2) is 20.9 Å². The fraction of sp³-hybridized carbons (Fsp3) is 0.143. The zero-order valence-electron chi connectivity index (χ0n) is 14.8. The molecule has 2 aromatic heterocycles. The predicted molar refractivity (Wildman–Crippen MR) is 108 cm³/mol. The minimum atomic E-state index is -0.204. The van der Waals surface area contributed by atoms with Gasteiger partial charge in [-0.15, -0.1) is 0 Å². The molecule has 0 aliphatic heterocycles. The minimum Gasteiger partial charge on any atom is -0.351 e. The van der Waals surface area contributed by atoms with Gasteiger partial charge in [0.25, 0.3) is 5.91 Å². The van der Waals surface area contributed by atoms with Crippen LogP contribution in [-0.2, 0) is 0 Å². The number of nitrogens with one attached hydrogen (secondary N) is 3. The molecule has 136 valence electrons. The lowest BCUT2D eigenvalue weighted by atomic mass is 10.2. The third-order valence-electron chi connectivity index (χ3n) is 4.55. The van der Waals surface area contributed by atoms with E-state index in [1.807, 2.05) is 49.4 Å². The van der Waals surface area contributed by atoms with Crippen molar-refractivity contribution in [2.24, 2.45) is 0 Å². The van der Waals surface area contributed by atoms with E-state index in [1.165, 1.54) is 0 Å². The number of H-pyrrole nitrogens is 2. The van der Waals surface area contributed by atoms with Crippen molar-refractivity contribution in [3.8, 4) is 11.3 Å². The lowest BCUT2D eigenvalue weighted by Gasteiger charge is -2.14. The van der Waals surface area contributed by atoms with Crippen molar-refractivity contribution >= 4 is 28.4 Å². The van der Waals surface area contributed by atoms with Crippen molar-refractivity contribution in [3.63, 3.8) is 0 Å². The summed E-state index contributed by atoms with van der Waals surface area (Å²) in [6, 6.07) is 17.1. The zero-order valence-corrected chi connectivity index (χ0v) is 15.5. The molecule has 0 bridgehead atoms. The van der Waals surface area contributed by atoms with Gasteiger partial charge in [0.15, 0.2) is 0 Å². The number of carbonyl (C=O) groups excluding carboxylic acids is 1. The van der Waals surface area contributed by atoms with Crippen LogP contribution in [0.5, 0.6) is 0 Å². The molecule has 0 saturated carbocycles. The maximum absolute atomic E-state index is 12.7. The van der Waals surface area contributed by atoms with Crippen LogP contribution >= 0.6 is 11.6 Å². The highest BCUT2D eigenvalue weighted by Gasteiger charge is 2.18. The highest BCUT2D eigenvalue weighted by Crippen LogP contribution is 2.22. The van der Waals surface area contributed by atoms with Crippen molar-refractivity contribution in [1.82, 2.24) is 20.3 Å². The number of rotatable bonds is 5. The molecular formula is C21H19ClN4O. The van der Waals surface area contributed by atoms with Gasteiger partial charge in [0.1, 0.15) is 11.5 Å². The Morgan fingerprint density at radius 1 is 1.15 bits per heavy atom. The number of hydrogen-bond donors (Lipinski definition) is 3. The van der Waals surface area contributed by atoms with E-state index in [0.717, 1.165) is 34.4 Å². The van der Waals surface area contributed by atoms with Crippen molar-refractivity contribution in [1.29, 1.82) is 0 Å².